The molecule has 1 aromatic carbocycles. The minimum atomic E-state index is -0.101. The first-order valence-corrected chi connectivity index (χ1v) is 6.93. The summed E-state index contributed by atoms with van der Waals surface area (Å²) in [6, 6.07) is 7.73. The number of carbonyl (C=O) groups is 1. The summed E-state index contributed by atoms with van der Waals surface area (Å²) >= 11 is 5.97. The van der Waals surface area contributed by atoms with Crippen LogP contribution >= 0.6 is 24.0 Å². The minimum absolute atomic E-state index is 0. The van der Waals surface area contributed by atoms with E-state index in [4.69, 9.17) is 17.3 Å². The van der Waals surface area contributed by atoms with Gasteiger partial charge in [0.25, 0.3) is 0 Å². The maximum Gasteiger partial charge on any atom is 0.221 e. The molecule has 5 heteroatoms. The van der Waals surface area contributed by atoms with Gasteiger partial charge in [-0.3, -0.25) is 4.79 Å². The summed E-state index contributed by atoms with van der Waals surface area (Å²) in [4.78, 5) is 11.6. The molecule has 1 amide bonds. The molecule has 0 aliphatic carbocycles. The predicted molar refractivity (Wildman–Crippen MR) is 87.5 cm³/mol. The van der Waals surface area contributed by atoms with E-state index in [-0.39, 0.29) is 29.8 Å². The van der Waals surface area contributed by atoms with Crippen molar-refractivity contribution in [3.63, 3.8) is 0 Å². The van der Waals surface area contributed by atoms with E-state index in [1.165, 1.54) is 5.56 Å². The Morgan fingerprint density at radius 1 is 1.45 bits per heavy atom. The summed E-state index contributed by atoms with van der Waals surface area (Å²) in [6.45, 7) is 6.71. The van der Waals surface area contributed by atoms with Crippen molar-refractivity contribution in [2.75, 3.05) is 6.54 Å². The van der Waals surface area contributed by atoms with Crippen molar-refractivity contribution in [2.45, 2.75) is 39.7 Å². The van der Waals surface area contributed by atoms with E-state index < -0.39 is 0 Å². The molecule has 0 saturated heterocycles. The van der Waals surface area contributed by atoms with E-state index in [0.29, 0.717) is 13.0 Å². The molecule has 0 heterocycles. The SMILES string of the molecule is CC(N)CC(=O)NCC(C)(C)Cc1cccc(Cl)c1.Cl. The average Bonchev–Trinajstić information content (AvgIpc) is 2.25. The Morgan fingerprint density at radius 3 is 2.65 bits per heavy atom. The molecule has 114 valence electrons. The second kappa shape index (κ2) is 8.50. The molecule has 1 rings (SSSR count). The molecule has 0 spiro atoms. The Balaban J connectivity index is 0.00000361. The second-order valence-electron chi connectivity index (χ2n) is 5.93. The normalized spacial score (nSPS) is 12.4. The van der Waals surface area contributed by atoms with Crippen molar-refractivity contribution < 1.29 is 4.79 Å². The Bertz CT molecular complexity index is 434. The van der Waals surface area contributed by atoms with Gasteiger partial charge in [0.2, 0.25) is 5.91 Å². The van der Waals surface area contributed by atoms with E-state index in [1.807, 2.05) is 25.1 Å². The van der Waals surface area contributed by atoms with Crippen LogP contribution in [0.2, 0.25) is 5.02 Å². The van der Waals surface area contributed by atoms with Crippen molar-refractivity contribution in [1.29, 1.82) is 0 Å². The summed E-state index contributed by atoms with van der Waals surface area (Å²) < 4.78 is 0. The summed E-state index contributed by atoms with van der Waals surface area (Å²) in [5.41, 5.74) is 6.76. The fraction of sp³-hybridized carbons (Fsp3) is 0.533. The summed E-state index contributed by atoms with van der Waals surface area (Å²) in [7, 11) is 0. The number of nitrogens with one attached hydrogen (secondary N) is 1. The molecule has 0 bridgehead atoms. The molecular formula is C15H24Cl2N2O. The molecule has 0 aliphatic rings. The number of rotatable bonds is 6. The quantitative estimate of drug-likeness (QED) is 0.846. The van der Waals surface area contributed by atoms with Gasteiger partial charge in [0.15, 0.2) is 0 Å². The highest BCUT2D eigenvalue weighted by molar-refractivity contribution is 6.30. The van der Waals surface area contributed by atoms with E-state index in [1.54, 1.807) is 0 Å². The summed E-state index contributed by atoms with van der Waals surface area (Å²) in [5.74, 6) is 0.00849. The van der Waals surface area contributed by atoms with Crippen LogP contribution in [0.1, 0.15) is 32.8 Å². The van der Waals surface area contributed by atoms with Crippen molar-refractivity contribution in [3.05, 3.63) is 34.9 Å². The number of carbonyl (C=O) groups excluding carboxylic acids is 1. The largest absolute Gasteiger partial charge is 0.356 e. The van der Waals surface area contributed by atoms with Crippen LogP contribution in [0.25, 0.3) is 0 Å². The van der Waals surface area contributed by atoms with E-state index >= 15 is 0 Å². The molecule has 1 unspecified atom stereocenters. The zero-order valence-electron chi connectivity index (χ0n) is 12.3. The zero-order valence-corrected chi connectivity index (χ0v) is 13.9. The molecular weight excluding hydrogens is 295 g/mol. The first kappa shape index (κ1) is 19.2. The van der Waals surface area contributed by atoms with Crippen LogP contribution in [0.4, 0.5) is 0 Å². The molecule has 0 saturated carbocycles. The van der Waals surface area contributed by atoms with Gasteiger partial charge < -0.3 is 11.1 Å². The maximum atomic E-state index is 11.6. The molecule has 1 aromatic rings. The van der Waals surface area contributed by atoms with Gasteiger partial charge in [0.05, 0.1) is 0 Å². The van der Waals surface area contributed by atoms with Gasteiger partial charge in [-0.25, -0.2) is 0 Å². The van der Waals surface area contributed by atoms with Crippen molar-refractivity contribution in [3.8, 4) is 0 Å². The number of hydrogen-bond acceptors (Lipinski definition) is 2. The average molecular weight is 319 g/mol. The third-order valence-corrected chi connectivity index (χ3v) is 3.08. The van der Waals surface area contributed by atoms with Crippen LogP contribution in [-0.2, 0) is 11.2 Å². The molecule has 0 radical (unpaired) electrons. The van der Waals surface area contributed by atoms with Gasteiger partial charge in [0, 0.05) is 24.0 Å². The van der Waals surface area contributed by atoms with Crippen LogP contribution in [0.3, 0.4) is 0 Å². The lowest BCUT2D eigenvalue weighted by molar-refractivity contribution is -0.121. The van der Waals surface area contributed by atoms with Crippen LogP contribution in [0.5, 0.6) is 0 Å². The van der Waals surface area contributed by atoms with E-state index in [0.717, 1.165) is 11.4 Å². The molecule has 0 fully saturated rings. The van der Waals surface area contributed by atoms with Crippen molar-refractivity contribution >= 4 is 29.9 Å². The Kier molecular flexibility index (Phi) is 8.17. The van der Waals surface area contributed by atoms with Gasteiger partial charge >= 0.3 is 0 Å². The Hall–Kier alpha value is -0.770. The van der Waals surface area contributed by atoms with E-state index in [2.05, 4.69) is 25.2 Å². The van der Waals surface area contributed by atoms with Gasteiger partial charge in [-0.2, -0.15) is 0 Å². The second-order valence-corrected chi connectivity index (χ2v) is 6.37. The third kappa shape index (κ3) is 7.73. The van der Waals surface area contributed by atoms with Crippen molar-refractivity contribution in [1.82, 2.24) is 5.32 Å². The first-order chi connectivity index (χ1) is 8.78. The van der Waals surface area contributed by atoms with E-state index in [9.17, 15) is 4.79 Å². The van der Waals surface area contributed by atoms with Gasteiger partial charge in [-0.05, 0) is 36.5 Å². The third-order valence-electron chi connectivity index (χ3n) is 2.84. The first-order valence-electron chi connectivity index (χ1n) is 6.55. The number of amides is 1. The lowest BCUT2D eigenvalue weighted by atomic mass is 9.85. The Morgan fingerprint density at radius 2 is 2.10 bits per heavy atom. The fourth-order valence-electron chi connectivity index (χ4n) is 1.96. The summed E-state index contributed by atoms with van der Waals surface area (Å²) in [5, 5.41) is 3.68. The molecule has 0 aromatic heterocycles. The molecule has 0 aliphatic heterocycles. The van der Waals surface area contributed by atoms with Gasteiger partial charge in [0.1, 0.15) is 0 Å². The predicted octanol–water partition coefficient (Wildman–Crippen LogP) is 3.18. The number of benzene rings is 1. The van der Waals surface area contributed by atoms with Crippen LogP contribution < -0.4 is 11.1 Å². The lowest BCUT2D eigenvalue weighted by Gasteiger charge is -2.25. The van der Waals surface area contributed by atoms with Crippen LogP contribution in [0.15, 0.2) is 24.3 Å². The van der Waals surface area contributed by atoms with Crippen molar-refractivity contribution in [2.24, 2.45) is 11.1 Å². The highest BCUT2D eigenvalue weighted by Gasteiger charge is 2.20. The van der Waals surface area contributed by atoms with Gasteiger partial charge in [-0.15, -0.1) is 12.4 Å². The summed E-state index contributed by atoms with van der Waals surface area (Å²) in [6.07, 6.45) is 1.24. The number of hydrogen-bond donors (Lipinski definition) is 2. The van der Waals surface area contributed by atoms with Gasteiger partial charge in [-0.1, -0.05) is 37.6 Å². The monoisotopic (exact) mass is 318 g/mol. The molecule has 20 heavy (non-hydrogen) atoms. The topological polar surface area (TPSA) is 55.1 Å². The minimum Gasteiger partial charge on any atom is -0.356 e. The van der Waals surface area contributed by atoms with Crippen LogP contribution in [-0.4, -0.2) is 18.5 Å². The fourth-order valence-corrected chi connectivity index (χ4v) is 2.18. The smallest absolute Gasteiger partial charge is 0.221 e. The zero-order chi connectivity index (χ0) is 14.5. The molecule has 1 atom stereocenters. The molecule has 3 N–H and O–H groups in total. The molecule has 3 nitrogen and oxygen atoms in total. The van der Waals surface area contributed by atoms with Crippen LogP contribution in [0, 0.1) is 5.41 Å². The number of halogens is 2. The maximum absolute atomic E-state index is 11.6. The Labute approximate surface area is 132 Å². The highest BCUT2D eigenvalue weighted by atomic mass is 35.5. The lowest BCUT2D eigenvalue weighted by Crippen LogP contribution is -2.37. The standard InChI is InChI=1S/C15H23ClN2O.ClH/c1-11(17)7-14(19)18-10-15(2,3)9-12-5-4-6-13(16)8-12;/h4-6,8,11H,7,9-10,17H2,1-3H3,(H,18,19);1H. The number of nitrogens with two attached hydrogens (primary N) is 1. The highest BCUT2D eigenvalue weighted by Crippen LogP contribution is 2.22.